The van der Waals surface area contributed by atoms with Crippen molar-refractivity contribution in [2.45, 2.75) is 19.4 Å². The van der Waals surface area contributed by atoms with E-state index in [2.05, 4.69) is 5.32 Å². The highest BCUT2D eigenvalue weighted by Crippen LogP contribution is 2.25. The number of benzene rings is 1. The standard InChI is InChI=1S/C12H16ClFN2O2.ClH/c1-8(12(17)16-6-2-5-15)18-11-4-3-9(14)7-10(11)13;/h3-4,7-8H,2,5-6,15H2,1H3,(H,16,17);1H. The highest BCUT2D eigenvalue weighted by molar-refractivity contribution is 6.32. The lowest BCUT2D eigenvalue weighted by atomic mass is 10.3. The average Bonchev–Trinajstić information content (AvgIpc) is 2.32. The SMILES string of the molecule is CC(Oc1ccc(F)cc1Cl)C(=O)NCCCN.Cl. The molecule has 1 rings (SSSR count). The first-order valence-electron chi connectivity index (χ1n) is 5.64. The van der Waals surface area contributed by atoms with Gasteiger partial charge in [0.2, 0.25) is 0 Å². The van der Waals surface area contributed by atoms with E-state index in [-0.39, 0.29) is 29.1 Å². The van der Waals surface area contributed by atoms with Gasteiger partial charge in [-0.3, -0.25) is 4.79 Å². The summed E-state index contributed by atoms with van der Waals surface area (Å²) in [5.41, 5.74) is 5.31. The predicted molar refractivity (Wildman–Crippen MR) is 75.4 cm³/mol. The first kappa shape index (κ1) is 18.0. The lowest BCUT2D eigenvalue weighted by Crippen LogP contribution is -2.37. The van der Waals surface area contributed by atoms with Gasteiger partial charge >= 0.3 is 0 Å². The Balaban J connectivity index is 0.00000324. The predicted octanol–water partition coefficient (Wildman–Crippen LogP) is 2.13. The van der Waals surface area contributed by atoms with Crippen molar-refractivity contribution in [3.8, 4) is 5.75 Å². The summed E-state index contributed by atoms with van der Waals surface area (Å²) in [6, 6.07) is 3.75. The molecule has 1 unspecified atom stereocenters. The van der Waals surface area contributed by atoms with Crippen molar-refractivity contribution in [1.82, 2.24) is 5.32 Å². The van der Waals surface area contributed by atoms with Crippen LogP contribution in [0.5, 0.6) is 5.75 Å². The summed E-state index contributed by atoms with van der Waals surface area (Å²) in [6.07, 6.45) is 0.00111. The number of amides is 1. The molecule has 0 radical (unpaired) electrons. The third kappa shape index (κ3) is 6.09. The Bertz CT molecular complexity index is 419. The third-order valence-corrected chi connectivity index (χ3v) is 2.54. The summed E-state index contributed by atoms with van der Waals surface area (Å²) in [6.45, 7) is 2.61. The number of hydrogen-bond acceptors (Lipinski definition) is 3. The van der Waals surface area contributed by atoms with Crippen molar-refractivity contribution >= 4 is 29.9 Å². The molecule has 0 aliphatic rings. The van der Waals surface area contributed by atoms with E-state index in [0.29, 0.717) is 19.5 Å². The molecular formula is C12H17Cl2FN2O2. The average molecular weight is 311 g/mol. The van der Waals surface area contributed by atoms with Gasteiger partial charge in [0.25, 0.3) is 5.91 Å². The zero-order chi connectivity index (χ0) is 13.5. The molecule has 0 fully saturated rings. The fourth-order valence-electron chi connectivity index (χ4n) is 1.27. The highest BCUT2D eigenvalue weighted by atomic mass is 35.5. The molecule has 1 aromatic carbocycles. The molecule has 0 saturated carbocycles. The Labute approximate surface area is 122 Å². The summed E-state index contributed by atoms with van der Waals surface area (Å²) in [5.74, 6) is -0.434. The highest BCUT2D eigenvalue weighted by Gasteiger charge is 2.15. The fourth-order valence-corrected chi connectivity index (χ4v) is 1.48. The molecule has 7 heteroatoms. The number of carbonyl (C=O) groups is 1. The van der Waals surface area contributed by atoms with E-state index in [9.17, 15) is 9.18 Å². The number of nitrogens with one attached hydrogen (secondary N) is 1. The van der Waals surface area contributed by atoms with E-state index in [1.807, 2.05) is 0 Å². The summed E-state index contributed by atoms with van der Waals surface area (Å²) < 4.78 is 18.2. The Morgan fingerprint density at radius 2 is 2.26 bits per heavy atom. The van der Waals surface area contributed by atoms with Gasteiger partial charge in [-0.2, -0.15) is 0 Å². The number of nitrogens with two attached hydrogens (primary N) is 1. The van der Waals surface area contributed by atoms with Gasteiger partial charge in [0, 0.05) is 6.54 Å². The van der Waals surface area contributed by atoms with E-state index in [0.717, 1.165) is 6.07 Å². The van der Waals surface area contributed by atoms with Crippen molar-refractivity contribution < 1.29 is 13.9 Å². The van der Waals surface area contributed by atoms with Crippen molar-refractivity contribution in [2.75, 3.05) is 13.1 Å². The van der Waals surface area contributed by atoms with Crippen LogP contribution >= 0.6 is 24.0 Å². The molecule has 0 spiro atoms. The van der Waals surface area contributed by atoms with Crippen LogP contribution in [-0.4, -0.2) is 25.1 Å². The van der Waals surface area contributed by atoms with E-state index in [1.54, 1.807) is 6.92 Å². The largest absolute Gasteiger partial charge is 0.479 e. The molecule has 0 aromatic heterocycles. The minimum Gasteiger partial charge on any atom is -0.479 e. The van der Waals surface area contributed by atoms with Gasteiger partial charge in [-0.25, -0.2) is 4.39 Å². The van der Waals surface area contributed by atoms with Gasteiger partial charge < -0.3 is 15.8 Å². The van der Waals surface area contributed by atoms with Crippen molar-refractivity contribution in [3.63, 3.8) is 0 Å². The van der Waals surface area contributed by atoms with Crippen LogP contribution in [0.25, 0.3) is 0 Å². The first-order valence-corrected chi connectivity index (χ1v) is 6.02. The smallest absolute Gasteiger partial charge is 0.260 e. The number of halogens is 3. The van der Waals surface area contributed by atoms with Crippen LogP contribution in [0.1, 0.15) is 13.3 Å². The first-order chi connectivity index (χ1) is 8.54. The second kappa shape index (κ2) is 8.96. The van der Waals surface area contributed by atoms with Crippen LogP contribution in [0, 0.1) is 5.82 Å². The van der Waals surface area contributed by atoms with Gasteiger partial charge in [-0.05, 0) is 38.1 Å². The molecule has 1 amide bonds. The van der Waals surface area contributed by atoms with E-state index >= 15 is 0 Å². The topological polar surface area (TPSA) is 64.3 Å². The summed E-state index contributed by atoms with van der Waals surface area (Å²) in [5, 5.41) is 2.81. The maximum atomic E-state index is 12.8. The Morgan fingerprint density at radius 3 is 2.84 bits per heavy atom. The zero-order valence-electron chi connectivity index (χ0n) is 10.5. The van der Waals surface area contributed by atoms with Gasteiger partial charge in [0.1, 0.15) is 11.6 Å². The van der Waals surface area contributed by atoms with Crippen LogP contribution in [-0.2, 0) is 4.79 Å². The Kier molecular flexibility index (Phi) is 8.47. The van der Waals surface area contributed by atoms with Crippen molar-refractivity contribution in [3.05, 3.63) is 29.0 Å². The Hall–Kier alpha value is -1.04. The van der Waals surface area contributed by atoms with Crippen molar-refractivity contribution in [2.24, 2.45) is 5.73 Å². The fraction of sp³-hybridized carbons (Fsp3) is 0.417. The minimum atomic E-state index is -0.703. The van der Waals surface area contributed by atoms with Crippen LogP contribution in [0.2, 0.25) is 5.02 Å². The Morgan fingerprint density at radius 1 is 1.58 bits per heavy atom. The molecule has 0 heterocycles. The molecule has 3 N–H and O–H groups in total. The van der Waals surface area contributed by atoms with Crippen LogP contribution in [0.15, 0.2) is 18.2 Å². The number of hydrogen-bond donors (Lipinski definition) is 2. The van der Waals surface area contributed by atoms with Crippen molar-refractivity contribution in [1.29, 1.82) is 0 Å². The normalized spacial score (nSPS) is 11.4. The molecule has 108 valence electrons. The maximum Gasteiger partial charge on any atom is 0.260 e. The molecule has 19 heavy (non-hydrogen) atoms. The molecule has 0 saturated heterocycles. The van der Waals surface area contributed by atoms with E-state index in [1.165, 1.54) is 12.1 Å². The summed E-state index contributed by atoms with van der Waals surface area (Å²) in [7, 11) is 0. The zero-order valence-corrected chi connectivity index (χ0v) is 12.1. The monoisotopic (exact) mass is 310 g/mol. The maximum absolute atomic E-state index is 12.8. The van der Waals surface area contributed by atoms with E-state index < -0.39 is 11.9 Å². The minimum absolute atomic E-state index is 0. The summed E-state index contributed by atoms with van der Waals surface area (Å²) in [4.78, 5) is 11.6. The van der Waals surface area contributed by atoms with E-state index in [4.69, 9.17) is 22.1 Å². The molecule has 0 aliphatic carbocycles. The second-order valence-corrected chi connectivity index (χ2v) is 4.18. The lowest BCUT2D eigenvalue weighted by Gasteiger charge is -2.15. The second-order valence-electron chi connectivity index (χ2n) is 3.77. The van der Waals surface area contributed by atoms with Crippen LogP contribution < -0.4 is 15.8 Å². The number of carbonyl (C=O) groups excluding carboxylic acids is 1. The van der Waals surface area contributed by atoms with Gasteiger partial charge in [0.15, 0.2) is 6.10 Å². The molecule has 1 atom stereocenters. The molecule has 1 aromatic rings. The lowest BCUT2D eigenvalue weighted by molar-refractivity contribution is -0.127. The summed E-state index contributed by atoms with van der Waals surface area (Å²) >= 11 is 5.79. The van der Waals surface area contributed by atoms with Gasteiger partial charge in [-0.15, -0.1) is 12.4 Å². The molecule has 0 aliphatic heterocycles. The van der Waals surface area contributed by atoms with Crippen LogP contribution in [0.4, 0.5) is 4.39 Å². The van der Waals surface area contributed by atoms with Crippen LogP contribution in [0.3, 0.4) is 0 Å². The number of ether oxygens (including phenoxy) is 1. The third-order valence-electron chi connectivity index (χ3n) is 2.25. The number of rotatable bonds is 6. The molecule has 0 bridgehead atoms. The van der Waals surface area contributed by atoms with Gasteiger partial charge in [0.05, 0.1) is 5.02 Å². The molecular weight excluding hydrogens is 294 g/mol. The van der Waals surface area contributed by atoms with Gasteiger partial charge in [-0.1, -0.05) is 11.6 Å². The molecule has 4 nitrogen and oxygen atoms in total. The quantitative estimate of drug-likeness (QED) is 0.791.